The molecule has 0 unspecified atom stereocenters. The molecule has 2 aromatic rings. The van der Waals surface area contributed by atoms with Gasteiger partial charge < -0.3 is 9.47 Å². The molecule has 0 aliphatic heterocycles. The van der Waals surface area contributed by atoms with Crippen molar-refractivity contribution >= 4 is 27.7 Å². The Hall–Kier alpha value is -2.61. The normalized spacial score (nSPS) is 11.3. The number of hydrogen-bond donors (Lipinski definition) is 2. The molecule has 1 atom stereocenters. The molecule has 0 spiro atoms. The number of ether oxygens (including phenoxy) is 2. The molecule has 0 aromatic heterocycles. The molecule has 25 heavy (non-hydrogen) atoms. The lowest BCUT2D eigenvalue weighted by atomic mass is 10.3. The summed E-state index contributed by atoms with van der Waals surface area (Å²) in [5.74, 6) is -1.29. The molecule has 0 saturated carbocycles. The summed E-state index contributed by atoms with van der Waals surface area (Å²) >= 11 is 3.29. The summed E-state index contributed by atoms with van der Waals surface area (Å²) in [4.78, 5) is 23.5. The minimum Gasteiger partial charge on any atom is -0.484 e. The number of carbonyl (C=O) groups excluding carboxylic acids is 2. The second kappa shape index (κ2) is 9.03. The van der Waals surface area contributed by atoms with Crippen LogP contribution in [0.5, 0.6) is 11.5 Å². The van der Waals surface area contributed by atoms with Gasteiger partial charge in [0, 0.05) is 4.47 Å². The fourth-order valence-corrected chi connectivity index (χ4v) is 2.14. The number of rotatable bonds is 6. The zero-order chi connectivity index (χ0) is 18.2. The van der Waals surface area contributed by atoms with E-state index in [1.807, 2.05) is 6.07 Å². The van der Waals surface area contributed by atoms with Gasteiger partial charge in [-0.1, -0.05) is 34.1 Å². The van der Waals surface area contributed by atoms with E-state index in [1.54, 1.807) is 24.3 Å². The summed E-state index contributed by atoms with van der Waals surface area (Å²) in [5.41, 5.74) is 4.39. The number of para-hydroxylation sites is 1. The fraction of sp³-hybridized carbons (Fsp3) is 0.176. The standard InChI is InChI=1S/C17H16BrFN2O4/c1-11(25-15-8-3-2-7-14(15)19)17(23)21-20-16(22)10-24-13-6-4-5-12(18)9-13/h2-9,11H,10H2,1H3,(H,20,22)(H,21,23)/t11-/m1/s1. The smallest absolute Gasteiger partial charge is 0.279 e. The van der Waals surface area contributed by atoms with Gasteiger partial charge in [-0.15, -0.1) is 0 Å². The highest BCUT2D eigenvalue weighted by Gasteiger charge is 2.17. The zero-order valence-electron chi connectivity index (χ0n) is 13.3. The number of hydrazine groups is 1. The lowest BCUT2D eigenvalue weighted by Crippen LogP contribution is -2.48. The highest BCUT2D eigenvalue weighted by Crippen LogP contribution is 2.18. The summed E-state index contributed by atoms with van der Waals surface area (Å²) in [6.45, 7) is 1.16. The predicted molar refractivity (Wildman–Crippen MR) is 92.4 cm³/mol. The Balaban J connectivity index is 1.75. The molecule has 6 nitrogen and oxygen atoms in total. The van der Waals surface area contributed by atoms with Crippen molar-refractivity contribution in [1.29, 1.82) is 0 Å². The molecule has 2 aromatic carbocycles. The number of amides is 2. The number of benzene rings is 2. The van der Waals surface area contributed by atoms with E-state index in [0.717, 1.165) is 4.47 Å². The molecule has 2 rings (SSSR count). The molecule has 0 heterocycles. The molecule has 8 heteroatoms. The van der Waals surface area contributed by atoms with Gasteiger partial charge in [-0.25, -0.2) is 4.39 Å². The molecule has 0 radical (unpaired) electrons. The van der Waals surface area contributed by atoms with E-state index in [-0.39, 0.29) is 12.4 Å². The first kappa shape index (κ1) is 18.7. The van der Waals surface area contributed by atoms with Gasteiger partial charge in [0.05, 0.1) is 0 Å². The SMILES string of the molecule is C[C@@H](Oc1ccccc1F)C(=O)NNC(=O)COc1cccc(Br)c1. The summed E-state index contributed by atoms with van der Waals surface area (Å²) in [5, 5.41) is 0. The predicted octanol–water partition coefficient (Wildman–Crippen LogP) is 2.58. The Kier molecular flexibility index (Phi) is 6.76. The number of halogens is 2. The third-order valence-corrected chi connectivity index (χ3v) is 3.49. The summed E-state index contributed by atoms with van der Waals surface area (Å²) < 4.78 is 24.8. The highest BCUT2D eigenvalue weighted by atomic mass is 79.9. The average molecular weight is 411 g/mol. The van der Waals surface area contributed by atoms with Gasteiger partial charge in [0.2, 0.25) is 0 Å². The van der Waals surface area contributed by atoms with Crippen LogP contribution in [-0.2, 0) is 9.59 Å². The lowest BCUT2D eigenvalue weighted by Gasteiger charge is -2.15. The molecule has 2 N–H and O–H groups in total. The Morgan fingerprint density at radius 3 is 2.64 bits per heavy atom. The Bertz CT molecular complexity index is 757. The second-order valence-electron chi connectivity index (χ2n) is 4.97. The van der Waals surface area contributed by atoms with Gasteiger partial charge in [-0.05, 0) is 37.3 Å². The van der Waals surface area contributed by atoms with Crippen LogP contribution in [-0.4, -0.2) is 24.5 Å². The summed E-state index contributed by atoms with van der Waals surface area (Å²) in [7, 11) is 0. The largest absolute Gasteiger partial charge is 0.484 e. The first-order chi connectivity index (χ1) is 12.0. The molecule has 0 aliphatic rings. The van der Waals surface area contributed by atoms with E-state index < -0.39 is 23.7 Å². The van der Waals surface area contributed by atoms with Crippen LogP contribution in [0.2, 0.25) is 0 Å². The van der Waals surface area contributed by atoms with Gasteiger partial charge >= 0.3 is 0 Å². The topological polar surface area (TPSA) is 76.7 Å². The van der Waals surface area contributed by atoms with Crippen LogP contribution in [0.25, 0.3) is 0 Å². The van der Waals surface area contributed by atoms with Crippen molar-refractivity contribution < 1.29 is 23.5 Å². The van der Waals surface area contributed by atoms with E-state index in [1.165, 1.54) is 25.1 Å². The van der Waals surface area contributed by atoms with Crippen molar-refractivity contribution in [2.45, 2.75) is 13.0 Å². The zero-order valence-corrected chi connectivity index (χ0v) is 14.9. The molecule has 0 bridgehead atoms. The van der Waals surface area contributed by atoms with Gasteiger partial charge in [0.15, 0.2) is 24.3 Å². The lowest BCUT2D eigenvalue weighted by molar-refractivity contribution is -0.133. The maximum Gasteiger partial charge on any atom is 0.279 e. The Morgan fingerprint density at radius 1 is 1.16 bits per heavy atom. The number of nitrogens with one attached hydrogen (secondary N) is 2. The Labute approximate surface area is 152 Å². The van der Waals surface area contributed by atoms with Crippen LogP contribution in [0, 0.1) is 5.82 Å². The van der Waals surface area contributed by atoms with Crippen LogP contribution >= 0.6 is 15.9 Å². The molecule has 132 valence electrons. The van der Waals surface area contributed by atoms with Crippen molar-refractivity contribution in [3.63, 3.8) is 0 Å². The van der Waals surface area contributed by atoms with Gasteiger partial charge in [-0.3, -0.25) is 20.4 Å². The number of hydrogen-bond acceptors (Lipinski definition) is 4. The molecule has 0 aliphatic carbocycles. The molecule has 0 fully saturated rings. The van der Waals surface area contributed by atoms with E-state index in [2.05, 4.69) is 26.8 Å². The van der Waals surface area contributed by atoms with E-state index >= 15 is 0 Å². The number of carbonyl (C=O) groups is 2. The minimum atomic E-state index is -0.997. The van der Waals surface area contributed by atoms with Crippen LogP contribution in [0.3, 0.4) is 0 Å². The van der Waals surface area contributed by atoms with Gasteiger partial charge in [-0.2, -0.15) is 0 Å². The van der Waals surface area contributed by atoms with E-state index in [0.29, 0.717) is 5.75 Å². The van der Waals surface area contributed by atoms with Crippen LogP contribution in [0.4, 0.5) is 4.39 Å². The summed E-state index contributed by atoms with van der Waals surface area (Å²) in [6, 6.07) is 12.7. The summed E-state index contributed by atoms with van der Waals surface area (Å²) in [6.07, 6.45) is -0.997. The van der Waals surface area contributed by atoms with Crippen molar-refractivity contribution in [3.8, 4) is 11.5 Å². The van der Waals surface area contributed by atoms with Crippen molar-refractivity contribution in [2.24, 2.45) is 0 Å². The first-order valence-corrected chi connectivity index (χ1v) is 8.13. The first-order valence-electron chi connectivity index (χ1n) is 7.34. The molecular weight excluding hydrogens is 395 g/mol. The van der Waals surface area contributed by atoms with E-state index in [9.17, 15) is 14.0 Å². The Morgan fingerprint density at radius 2 is 1.92 bits per heavy atom. The fourth-order valence-electron chi connectivity index (χ4n) is 1.76. The second-order valence-corrected chi connectivity index (χ2v) is 5.89. The third kappa shape index (κ3) is 6.07. The molecular formula is C17H16BrFN2O4. The van der Waals surface area contributed by atoms with Crippen molar-refractivity contribution in [2.75, 3.05) is 6.61 Å². The van der Waals surface area contributed by atoms with Crippen LogP contribution < -0.4 is 20.3 Å². The average Bonchev–Trinajstić information content (AvgIpc) is 2.59. The highest BCUT2D eigenvalue weighted by molar-refractivity contribution is 9.10. The monoisotopic (exact) mass is 410 g/mol. The van der Waals surface area contributed by atoms with Gasteiger partial charge in [0.25, 0.3) is 11.8 Å². The van der Waals surface area contributed by atoms with E-state index in [4.69, 9.17) is 9.47 Å². The maximum absolute atomic E-state index is 13.5. The quantitative estimate of drug-likeness (QED) is 0.717. The van der Waals surface area contributed by atoms with Crippen molar-refractivity contribution in [3.05, 3.63) is 58.8 Å². The minimum absolute atomic E-state index is 0.0468. The molecule has 0 saturated heterocycles. The maximum atomic E-state index is 13.5. The van der Waals surface area contributed by atoms with Crippen molar-refractivity contribution in [1.82, 2.24) is 10.9 Å². The van der Waals surface area contributed by atoms with Crippen LogP contribution in [0.15, 0.2) is 53.0 Å². The van der Waals surface area contributed by atoms with Crippen LogP contribution in [0.1, 0.15) is 6.92 Å². The third-order valence-electron chi connectivity index (χ3n) is 3.00. The molecule has 2 amide bonds. The van der Waals surface area contributed by atoms with Gasteiger partial charge in [0.1, 0.15) is 5.75 Å².